The second-order valence-electron chi connectivity index (χ2n) is 9.02. The van der Waals surface area contributed by atoms with E-state index in [1.54, 1.807) is 25.3 Å². The molecule has 0 bridgehead atoms. The van der Waals surface area contributed by atoms with E-state index in [4.69, 9.17) is 14.2 Å². The lowest BCUT2D eigenvalue weighted by Gasteiger charge is -2.45. The molecule has 2 aromatic carbocycles. The molecule has 2 aliphatic heterocycles. The molecule has 0 aromatic heterocycles. The topological polar surface area (TPSA) is 85.3 Å². The van der Waals surface area contributed by atoms with Crippen molar-refractivity contribution >= 4 is 29.1 Å². The molecule has 1 fully saturated rings. The van der Waals surface area contributed by atoms with Crippen LogP contribution in [0.3, 0.4) is 0 Å². The standard InChI is InChI=1S/C26H26FNO6S/c1-32-19-6-7-20-21(12-19)24-25(23(31)22(20)30)35-15-26(34-24)8-10-28(11-9-26)13-17(29)14-33-18-4-2-16(27)3-5-18/h2-7,12,17,29H,8-11,13-15H2,1H3/t17-/m0/s1. The van der Waals surface area contributed by atoms with Gasteiger partial charge in [0, 0.05) is 49.4 Å². The van der Waals surface area contributed by atoms with Gasteiger partial charge in [0.05, 0.1) is 7.11 Å². The Labute approximate surface area is 206 Å². The first kappa shape index (κ1) is 23.8. The van der Waals surface area contributed by atoms with Gasteiger partial charge in [-0.2, -0.15) is 0 Å². The molecule has 184 valence electrons. The van der Waals surface area contributed by atoms with Gasteiger partial charge in [-0.05, 0) is 42.5 Å². The summed E-state index contributed by atoms with van der Waals surface area (Å²) in [5.74, 6) is 0.807. The Morgan fingerprint density at radius 2 is 1.80 bits per heavy atom. The fraction of sp³-hybridized carbons (Fsp3) is 0.385. The van der Waals surface area contributed by atoms with Crippen molar-refractivity contribution in [1.29, 1.82) is 0 Å². The molecule has 0 amide bonds. The number of aliphatic hydroxyl groups excluding tert-OH is 1. The zero-order valence-corrected chi connectivity index (χ0v) is 20.1. The summed E-state index contributed by atoms with van der Waals surface area (Å²) in [6.45, 7) is 2.00. The number of halogens is 1. The first-order valence-corrected chi connectivity index (χ1v) is 12.5. The predicted octanol–water partition coefficient (Wildman–Crippen LogP) is 3.31. The number of β-amino-alcohol motifs (C(OH)–C–C–N with tert-alkyl or cyclic N) is 1. The van der Waals surface area contributed by atoms with Crippen LogP contribution in [-0.2, 0) is 9.53 Å². The average molecular weight is 500 g/mol. The van der Waals surface area contributed by atoms with Crippen LogP contribution in [-0.4, -0.2) is 72.4 Å². The van der Waals surface area contributed by atoms with Crippen molar-refractivity contribution in [1.82, 2.24) is 4.90 Å². The molecule has 1 spiro atoms. The highest BCUT2D eigenvalue weighted by molar-refractivity contribution is 8.04. The third-order valence-corrected chi connectivity index (χ3v) is 7.95. The van der Waals surface area contributed by atoms with Crippen molar-refractivity contribution in [2.45, 2.75) is 24.5 Å². The van der Waals surface area contributed by atoms with Crippen molar-refractivity contribution in [2.24, 2.45) is 0 Å². The minimum atomic E-state index is -0.689. The van der Waals surface area contributed by atoms with Crippen molar-refractivity contribution < 1.29 is 33.3 Å². The Morgan fingerprint density at radius 1 is 1.09 bits per heavy atom. The van der Waals surface area contributed by atoms with Crippen molar-refractivity contribution in [3.8, 4) is 11.5 Å². The van der Waals surface area contributed by atoms with Crippen LogP contribution >= 0.6 is 11.8 Å². The van der Waals surface area contributed by atoms with Gasteiger partial charge in [0.1, 0.15) is 46.3 Å². The molecule has 9 heteroatoms. The summed E-state index contributed by atoms with van der Waals surface area (Å²) in [5, 5.41) is 10.4. The summed E-state index contributed by atoms with van der Waals surface area (Å²) in [6.07, 6.45) is 0.763. The van der Waals surface area contributed by atoms with Crippen molar-refractivity contribution in [2.75, 3.05) is 39.1 Å². The maximum atomic E-state index is 13.0. The van der Waals surface area contributed by atoms with Crippen molar-refractivity contribution in [3.05, 3.63) is 64.3 Å². The fourth-order valence-corrected chi connectivity index (χ4v) is 5.89. The van der Waals surface area contributed by atoms with E-state index >= 15 is 0 Å². The molecule has 2 heterocycles. The minimum Gasteiger partial charge on any atom is -0.497 e. The number of likely N-dealkylation sites (tertiary alicyclic amines) is 1. The normalized spacial score (nSPS) is 20.2. The summed E-state index contributed by atoms with van der Waals surface area (Å²) < 4.78 is 30.4. The number of benzene rings is 2. The van der Waals surface area contributed by atoms with Crippen LogP contribution in [0.15, 0.2) is 47.4 Å². The number of aliphatic hydroxyl groups is 1. The van der Waals surface area contributed by atoms with E-state index in [2.05, 4.69) is 4.90 Å². The summed E-state index contributed by atoms with van der Waals surface area (Å²) in [7, 11) is 1.56. The van der Waals surface area contributed by atoms with Gasteiger partial charge in [0.15, 0.2) is 0 Å². The minimum absolute atomic E-state index is 0.116. The molecular formula is C26H26FNO6S. The number of allylic oxidation sites excluding steroid dienone is 1. The second-order valence-corrected chi connectivity index (χ2v) is 10.0. The SMILES string of the molecule is COc1ccc2c(c1)C1=C(SCC3(CCN(C[C@H](O)COc4ccc(F)cc4)CC3)O1)C(=O)C2=O. The van der Waals surface area contributed by atoms with Crippen LogP contribution in [0.5, 0.6) is 11.5 Å². The highest BCUT2D eigenvalue weighted by Crippen LogP contribution is 2.47. The Hall–Kier alpha value is -2.88. The summed E-state index contributed by atoms with van der Waals surface area (Å²) in [5.41, 5.74) is 0.497. The molecule has 7 nitrogen and oxygen atoms in total. The number of hydrogen-bond acceptors (Lipinski definition) is 8. The van der Waals surface area contributed by atoms with Gasteiger partial charge in [-0.15, -0.1) is 11.8 Å². The summed E-state index contributed by atoms with van der Waals surface area (Å²) in [4.78, 5) is 27.8. The number of thioether (sulfide) groups is 1. The maximum absolute atomic E-state index is 13.0. The van der Waals surface area contributed by atoms with Crippen LogP contribution < -0.4 is 9.47 Å². The Morgan fingerprint density at radius 3 is 2.51 bits per heavy atom. The van der Waals surface area contributed by atoms with E-state index in [0.29, 0.717) is 58.7 Å². The van der Waals surface area contributed by atoms with Gasteiger partial charge < -0.3 is 24.2 Å². The number of rotatable bonds is 6. The number of methoxy groups -OCH3 is 1. The molecule has 5 rings (SSSR count). The molecule has 0 radical (unpaired) electrons. The number of ketones is 2. The van der Waals surface area contributed by atoms with Crippen LogP contribution in [0.1, 0.15) is 28.8 Å². The van der Waals surface area contributed by atoms with Crippen LogP contribution in [0, 0.1) is 5.82 Å². The highest BCUT2D eigenvalue weighted by Gasteiger charge is 2.46. The van der Waals surface area contributed by atoms with E-state index in [0.717, 1.165) is 12.8 Å². The Kier molecular flexibility index (Phi) is 6.57. The largest absolute Gasteiger partial charge is 0.497 e. The first-order chi connectivity index (χ1) is 16.9. The zero-order valence-electron chi connectivity index (χ0n) is 19.3. The number of carbonyl (C=O) groups is 2. The lowest BCUT2D eigenvalue weighted by atomic mass is 9.89. The van der Waals surface area contributed by atoms with E-state index < -0.39 is 23.3 Å². The van der Waals surface area contributed by atoms with Gasteiger partial charge in [-0.1, -0.05) is 0 Å². The number of Topliss-reactive ketones (excluding diaryl/α,β-unsaturated/α-hetero) is 2. The predicted molar refractivity (Wildman–Crippen MR) is 129 cm³/mol. The molecule has 1 saturated heterocycles. The van der Waals surface area contributed by atoms with Crippen LogP contribution in [0.25, 0.3) is 5.76 Å². The lowest BCUT2D eigenvalue weighted by molar-refractivity contribution is -0.111. The number of fused-ring (bicyclic) bond motifs is 2. The number of ether oxygens (including phenoxy) is 3. The van der Waals surface area contributed by atoms with Gasteiger partial charge >= 0.3 is 0 Å². The van der Waals surface area contributed by atoms with Crippen LogP contribution in [0.4, 0.5) is 4.39 Å². The Balaban J connectivity index is 1.22. The average Bonchev–Trinajstić information content (AvgIpc) is 2.88. The van der Waals surface area contributed by atoms with Gasteiger partial charge in [-0.3, -0.25) is 9.59 Å². The highest BCUT2D eigenvalue weighted by atomic mass is 32.2. The molecule has 2 aromatic rings. The fourth-order valence-electron chi connectivity index (χ4n) is 4.63. The maximum Gasteiger partial charge on any atom is 0.243 e. The number of hydrogen-bond donors (Lipinski definition) is 1. The van der Waals surface area contributed by atoms with Gasteiger partial charge in [0.2, 0.25) is 11.6 Å². The molecule has 1 aliphatic carbocycles. The quantitative estimate of drug-likeness (QED) is 0.606. The monoisotopic (exact) mass is 499 g/mol. The third kappa shape index (κ3) is 4.80. The van der Waals surface area contributed by atoms with Crippen molar-refractivity contribution in [3.63, 3.8) is 0 Å². The third-order valence-electron chi connectivity index (χ3n) is 6.63. The smallest absolute Gasteiger partial charge is 0.243 e. The van der Waals surface area contributed by atoms with E-state index in [9.17, 15) is 19.1 Å². The number of nitrogens with zero attached hydrogens (tertiary/aromatic N) is 1. The molecule has 1 atom stereocenters. The molecule has 35 heavy (non-hydrogen) atoms. The summed E-state index contributed by atoms with van der Waals surface area (Å²) >= 11 is 1.39. The zero-order chi connectivity index (χ0) is 24.6. The number of carbonyl (C=O) groups excluding carboxylic acids is 2. The summed E-state index contributed by atoms with van der Waals surface area (Å²) in [6, 6.07) is 10.7. The number of piperidine rings is 1. The second kappa shape index (κ2) is 9.64. The molecular weight excluding hydrogens is 473 g/mol. The van der Waals surface area contributed by atoms with E-state index in [1.807, 2.05) is 0 Å². The first-order valence-electron chi connectivity index (χ1n) is 11.5. The van der Waals surface area contributed by atoms with Gasteiger partial charge in [-0.25, -0.2) is 4.39 Å². The molecule has 3 aliphatic rings. The lowest BCUT2D eigenvalue weighted by Crippen LogP contribution is -2.51. The Bertz CT molecular complexity index is 1170. The van der Waals surface area contributed by atoms with E-state index in [-0.39, 0.29) is 12.4 Å². The molecule has 1 N–H and O–H groups in total. The van der Waals surface area contributed by atoms with E-state index in [1.165, 1.54) is 36.0 Å². The van der Waals surface area contributed by atoms with Gasteiger partial charge in [0.25, 0.3) is 0 Å². The molecule has 0 unspecified atom stereocenters. The van der Waals surface area contributed by atoms with Crippen LogP contribution in [0.2, 0.25) is 0 Å². The molecule has 0 saturated carbocycles.